The number of carbonyl (C=O) groups is 1. The minimum atomic E-state index is -3.53. The summed E-state index contributed by atoms with van der Waals surface area (Å²) in [6, 6.07) is 5.09. The summed E-state index contributed by atoms with van der Waals surface area (Å²) in [6.45, 7) is 8.12. The molecule has 3 rings (SSSR count). The summed E-state index contributed by atoms with van der Waals surface area (Å²) in [4.78, 5) is 19.6. The van der Waals surface area contributed by atoms with E-state index in [4.69, 9.17) is 9.72 Å². The molecular weight excluding hydrogens is 416 g/mol. The molecule has 0 N–H and O–H groups in total. The number of ether oxygens (including phenoxy) is 1. The van der Waals surface area contributed by atoms with Crippen LogP contribution in [-0.4, -0.2) is 72.5 Å². The van der Waals surface area contributed by atoms with E-state index in [9.17, 15) is 13.2 Å². The Hall–Kier alpha value is -1.97. The van der Waals surface area contributed by atoms with Gasteiger partial charge in [0, 0.05) is 46.6 Å². The Bertz CT molecular complexity index is 1020. The molecule has 2 heterocycles. The monoisotopic (exact) mass is 450 g/mol. The number of rotatable bonds is 8. The second-order valence-electron chi connectivity index (χ2n) is 8.53. The lowest BCUT2D eigenvalue weighted by molar-refractivity contribution is -0.143. The predicted octanol–water partition coefficient (Wildman–Crippen LogP) is 2.66. The zero-order valence-corrected chi connectivity index (χ0v) is 20.0. The fraction of sp³-hybridized carbons (Fsp3) is 0.636. The van der Waals surface area contributed by atoms with E-state index in [0.717, 1.165) is 30.7 Å². The van der Waals surface area contributed by atoms with Crippen molar-refractivity contribution in [3.05, 3.63) is 24.0 Å². The van der Waals surface area contributed by atoms with Crippen LogP contribution in [0.2, 0.25) is 0 Å². The van der Waals surface area contributed by atoms with Crippen molar-refractivity contribution in [2.24, 2.45) is 0 Å². The molecule has 1 aromatic heterocycles. The van der Waals surface area contributed by atoms with Crippen LogP contribution >= 0.6 is 0 Å². The van der Waals surface area contributed by atoms with Crippen molar-refractivity contribution < 1.29 is 17.9 Å². The summed E-state index contributed by atoms with van der Waals surface area (Å²) in [5.41, 5.74) is 1.55. The van der Waals surface area contributed by atoms with Gasteiger partial charge >= 0.3 is 0 Å². The summed E-state index contributed by atoms with van der Waals surface area (Å²) < 4.78 is 34.1. The number of fused-ring (bicyclic) bond motifs is 1. The van der Waals surface area contributed by atoms with E-state index in [1.807, 2.05) is 24.8 Å². The number of hydrogen-bond donors (Lipinski definition) is 0. The zero-order chi connectivity index (χ0) is 22.8. The molecule has 0 saturated carbocycles. The van der Waals surface area contributed by atoms with Crippen molar-refractivity contribution in [3.63, 3.8) is 0 Å². The van der Waals surface area contributed by atoms with Crippen molar-refractivity contribution in [2.75, 3.05) is 27.2 Å². The highest BCUT2D eigenvalue weighted by atomic mass is 32.2. The summed E-state index contributed by atoms with van der Waals surface area (Å²) >= 11 is 0. The smallest absolute Gasteiger partial charge is 0.242 e. The summed E-state index contributed by atoms with van der Waals surface area (Å²) in [5, 5.41) is 0. The highest BCUT2D eigenvalue weighted by Gasteiger charge is 2.26. The number of sulfonamides is 1. The fourth-order valence-electron chi connectivity index (χ4n) is 4.05. The average Bonchev–Trinajstić information content (AvgIpc) is 3.06. The van der Waals surface area contributed by atoms with Gasteiger partial charge in [-0.15, -0.1) is 0 Å². The molecule has 172 valence electrons. The SMILES string of the molecule is CCCCn1c(CCC(=O)N2CC(C)OC(C)C2)nc2cc(S(=O)(=O)N(C)C)ccc21. The molecule has 0 radical (unpaired) electrons. The largest absolute Gasteiger partial charge is 0.372 e. The van der Waals surface area contributed by atoms with Gasteiger partial charge in [-0.05, 0) is 38.5 Å². The highest BCUT2D eigenvalue weighted by Crippen LogP contribution is 2.24. The first-order valence-corrected chi connectivity index (χ1v) is 12.4. The van der Waals surface area contributed by atoms with Crippen LogP contribution in [0.1, 0.15) is 45.9 Å². The second-order valence-corrected chi connectivity index (χ2v) is 10.7. The number of morpholine rings is 1. The maximum atomic E-state index is 12.8. The maximum Gasteiger partial charge on any atom is 0.242 e. The molecule has 1 aliphatic heterocycles. The Kier molecular flexibility index (Phi) is 7.39. The lowest BCUT2D eigenvalue weighted by Gasteiger charge is -2.35. The van der Waals surface area contributed by atoms with E-state index in [0.29, 0.717) is 31.4 Å². The van der Waals surface area contributed by atoms with E-state index in [1.54, 1.807) is 12.1 Å². The first kappa shape index (κ1) is 23.7. The van der Waals surface area contributed by atoms with Gasteiger partial charge in [0.1, 0.15) is 5.82 Å². The third-order valence-corrected chi connectivity index (χ3v) is 7.46. The quantitative estimate of drug-likeness (QED) is 0.617. The van der Waals surface area contributed by atoms with Crippen LogP contribution in [-0.2, 0) is 32.5 Å². The van der Waals surface area contributed by atoms with Crippen LogP contribution in [0.25, 0.3) is 11.0 Å². The van der Waals surface area contributed by atoms with Crippen LogP contribution in [0.15, 0.2) is 23.1 Å². The van der Waals surface area contributed by atoms with Crippen molar-refractivity contribution >= 4 is 27.0 Å². The van der Waals surface area contributed by atoms with E-state index in [-0.39, 0.29) is 23.0 Å². The van der Waals surface area contributed by atoms with Gasteiger partial charge in [0.2, 0.25) is 15.9 Å². The fourth-order valence-corrected chi connectivity index (χ4v) is 4.97. The average molecular weight is 451 g/mol. The van der Waals surface area contributed by atoms with Crippen molar-refractivity contribution in [3.8, 4) is 0 Å². The molecule has 8 nitrogen and oxygen atoms in total. The van der Waals surface area contributed by atoms with Crippen LogP contribution in [0.4, 0.5) is 0 Å². The minimum Gasteiger partial charge on any atom is -0.372 e. The molecule has 1 aliphatic rings. The predicted molar refractivity (Wildman–Crippen MR) is 120 cm³/mol. The van der Waals surface area contributed by atoms with Crippen LogP contribution in [0, 0.1) is 0 Å². The number of nitrogens with zero attached hydrogens (tertiary/aromatic N) is 4. The zero-order valence-electron chi connectivity index (χ0n) is 19.2. The molecule has 1 saturated heterocycles. The Morgan fingerprint density at radius 2 is 1.90 bits per heavy atom. The van der Waals surface area contributed by atoms with Crippen molar-refractivity contribution in [1.82, 2.24) is 18.8 Å². The highest BCUT2D eigenvalue weighted by molar-refractivity contribution is 7.89. The molecule has 2 unspecified atom stereocenters. The second kappa shape index (κ2) is 9.67. The van der Waals surface area contributed by atoms with Crippen molar-refractivity contribution in [1.29, 1.82) is 0 Å². The molecule has 2 atom stereocenters. The number of amides is 1. The Balaban J connectivity index is 1.85. The lowest BCUT2D eigenvalue weighted by Crippen LogP contribution is -2.48. The molecular formula is C22H34N4O4S. The van der Waals surface area contributed by atoms with Gasteiger partial charge in [-0.1, -0.05) is 13.3 Å². The van der Waals surface area contributed by atoms with Gasteiger partial charge in [0.15, 0.2) is 0 Å². The van der Waals surface area contributed by atoms with Crippen LogP contribution in [0.3, 0.4) is 0 Å². The first-order valence-electron chi connectivity index (χ1n) is 11.0. The number of aryl methyl sites for hydroxylation is 2. The molecule has 1 aromatic carbocycles. The number of imidazole rings is 1. The van der Waals surface area contributed by atoms with E-state index in [1.165, 1.54) is 18.4 Å². The first-order chi connectivity index (χ1) is 14.6. The molecule has 1 amide bonds. The molecule has 31 heavy (non-hydrogen) atoms. The molecule has 0 spiro atoms. The van der Waals surface area contributed by atoms with Gasteiger partial charge in [0.05, 0.1) is 28.1 Å². The molecule has 2 aromatic rings. The van der Waals surface area contributed by atoms with E-state index >= 15 is 0 Å². The van der Waals surface area contributed by atoms with Gasteiger partial charge in [-0.3, -0.25) is 4.79 Å². The number of aromatic nitrogens is 2. The van der Waals surface area contributed by atoms with Crippen molar-refractivity contribution in [2.45, 2.75) is 70.1 Å². The summed E-state index contributed by atoms with van der Waals surface area (Å²) in [7, 11) is -0.493. The number of carbonyl (C=O) groups excluding carboxylic acids is 1. The number of unbranched alkanes of at least 4 members (excludes halogenated alkanes) is 1. The molecule has 0 aliphatic carbocycles. The third kappa shape index (κ3) is 5.27. The Labute approximate surface area is 185 Å². The van der Waals surface area contributed by atoms with Gasteiger partial charge in [-0.25, -0.2) is 17.7 Å². The lowest BCUT2D eigenvalue weighted by atomic mass is 10.2. The Morgan fingerprint density at radius 3 is 2.52 bits per heavy atom. The van der Waals surface area contributed by atoms with E-state index < -0.39 is 10.0 Å². The summed E-state index contributed by atoms with van der Waals surface area (Å²) in [6.07, 6.45) is 3.00. The number of hydrogen-bond acceptors (Lipinski definition) is 5. The minimum absolute atomic E-state index is 0.0406. The molecule has 0 bridgehead atoms. The Morgan fingerprint density at radius 1 is 1.23 bits per heavy atom. The van der Waals surface area contributed by atoms with Crippen LogP contribution < -0.4 is 0 Å². The van der Waals surface area contributed by atoms with Gasteiger partial charge in [0.25, 0.3) is 0 Å². The maximum absolute atomic E-state index is 12.8. The third-order valence-electron chi connectivity index (χ3n) is 5.65. The number of benzene rings is 1. The molecule has 9 heteroatoms. The van der Waals surface area contributed by atoms with E-state index in [2.05, 4.69) is 11.5 Å². The topological polar surface area (TPSA) is 84.7 Å². The molecule has 1 fully saturated rings. The normalized spacial score (nSPS) is 20.0. The van der Waals surface area contributed by atoms with Gasteiger partial charge in [-0.2, -0.15) is 0 Å². The van der Waals surface area contributed by atoms with Gasteiger partial charge < -0.3 is 14.2 Å². The standard InChI is InChI=1S/C22H34N4O4S/c1-6-7-12-26-20-9-8-18(31(28,29)24(4)5)13-19(20)23-21(26)10-11-22(27)25-14-16(2)30-17(3)15-25/h8-9,13,16-17H,6-7,10-12,14-15H2,1-5H3. The van der Waals surface area contributed by atoms with Crippen LogP contribution in [0.5, 0.6) is 0 Å². The summed E-state index contributed by atoms with van der Waals surface area (Å²) in [5.74, 6) is 0.928.